The fourth-order valence-electron chi connectivity index (χ4n) is 4.60. The minimum atomic E-state index is -0.119. The highest BCUT2D eigenvalue weighted by atomic mass is 16.5. The Kier molecular flexibility index (Phi) is 6.12. The number of aryl methyl sites for hydroxylation is 1. The maximum Gasteiger partial charge on any atom is 0.258 e. The zero-order valence-electron chi connectivity index (χ0n) is 18.2. The molecular formula is C26H28N4O2. The van der Waals surface area contributed by atoms with Crippen molar-refractivity contribution in [3.05, 3.63) is 77.0 Å². The van der Waals surface area contributed by atoms with Gasteiger partial charge in [-0.15, -0.1) is 0 Å². The van der Waals surface area contributed by atoms with Crippen molar-refractivity contribution in [1.29, 1.82) is 0 Å². The van der Waals surface area contributed by atoms with Crippen LogP contribution in [0.3, 0.4) is 0 Å². The van der Waals surface area contributed by atoms with Gasteiger partial charge in [-0.3, -0.25) is 9.78 Å². The summed E-state index contributed by atoms with van der Waals surface area (Å²) < 4.78 is 6.03. The molecule has 0 bridgehead atoms. The quantitative estimate of drug-likeness (QED) is 0.478. The molecule has 6 nitrogen and oxygen atoms in total. The first-order chi connectivity index (χ1) is 15.8. The monoisotopic (exact) mass is 428 g/mol. The molecule has 2 aromatic heterocycles. The van der Waals surface area contributed by atoms with Crippen molar-refractivity contribution < 1.29 is 4.74 Å². The number of nitrogens with one attached hydrogen (secondary N) is 1. The second-order valence-corrected chi connectivity index (χ2v) is 8.60. The first kappa shape index (κ1) is 20.6. The Bertz CT molecular complexity index is 1260. The molecule has 3 heterocycles. The molecule has 0 spiro atoms. The molecule has 1 aliphatic rings. The van der Waals surface area contributed by atoms with Gasteiger partial charge in [0.25, 0.3) is 5.56 Å². The smallest absolute Gasteiger partial charge is 0.258 e. The third-order valence-corrected chi connectivity index (χ3v) is 6.47. The van der Waals surface area contributed by atoms with E-state index in [0.29, 0.717) is 23.4 Å². The van der Waals surface area contributed by atoms with Crippen LogP contribution in [0.2, 0.25) is 0 Å². The molecule has 0 unspecified atom stereocenters. The number of hydrogen-bond acceptors (Lipinski definition) is 5. The van der Waals surface area contributed by atoms with Gasteiger partial charge in [0.2, 0.25) is 0 Å². The second kappa shape index (κ2) is 9.49. The van der Waals surface area contributed by atoms with E-state index < -0.39 is 0 Å². The van der Waals surface area contributed by atoms with Gasteiger partial charge in [-0.25, -0.2) is 4.98 Å². The molecule has 0 amide bonds. The fourth-order valence-corrected chi connectivity index (χ4v) is 4.60. The largest absolute Gasteiger partial charge is 0.493 e. The number of rotatable bonds is 7. The highest BCUT2D eigenvalue weighted by molar-refractivity contribution is 5.81. The number of fused-ring (bicyclic) bond motifs is 2. The number of nitrogens with zero attached hydrogens (tertiary/aromatic N) is 3. The molecule has 4 aromatic rings. The van der Waals surface area contributed by atoms with Crippen molar-refractivity contribution in [2.75, 3.05) is 26.2 Å². The number of aromatic amines is 1. The van der Waals surface area contributed by atoms with Crippen LogP contribution in [0.15, 0.2) is 65.8 Å². The number of H-pyrrole nitrogens is 1. The lowest BCUT2D eigenvalue weighted by Crippen LogP contribution is -2.36. The lowest BCUT2D eigenvalue weighted by Gasteiger charge is -2.31. The highest BCUT2D eigenvalue weighted by Gasteiger charge is 2.19. The number of piperidine rings is 1. The third-order valence-electron chi connectivity index (χ3n) is 6.47. The first-order valence-corrected chi connectivity index (χ1v) is 11.4. The number of hydrogen-bond donors (Lipinski definition) is 1. The number of para-hydroxylation sites is 1. The normalized spacial score (nSPS) is 15.4. The van der Waals surface area contributed by atoms with E-state index in [1.165, 1.54) is 23.7 Å². The molecular weight excluding hydrogens is 400 g/mol. The average molecular weight is 429 g/mol. The molecule has 1 aliphatic heterocycles. The van der Waals surface area contributed by atoms with Crippen LogP contribution in [0, 0.1) is 5.92 Å². The van der Waals surface area contributed by atoms with Gasteiger partial charge < -0.3 is 14.6 Å². The van der Waals surface area contributed by atoms with Gasteiger partial charge in [0.05, 0.1) is 29.4 Å². The molecule has 2 aromatic carbocycles. The molecule has 6 heteroatoms. The van der Waals surface area contributed by atoms with Crippen molar-refractivity contribution in [2.45, 2.75) is 25.7 Å². The Hall–Kier alpha value is -3.25. The standard InChI is InChI=1S/C26H28N4O2/c31-26-23-8-7-21(16-25(23)28-18-29-26)32-17-19-10-14-30(15-11-19)13-3-4-20-9-12-27-24-6-2-1-5-22(20)24/h1-2,5-9,12,16,18-19H,3-4,10-11,13-15,17H2,(H,28,29,31). The maximum atomic E-state index is 11.8. The summed E-state index contributed by atoms with van der Waals surface area (Å²) in [7, 11) is 0. The maximum absolute atomic E-state index is 11.8. The van der Waals surface area contributed by atoms with E-state index in [0.717, 1.165) is 50.2 Å². The summed E-state index contributed by atoms with van der Waals surface area (Å²) in [5, 5.41) is 1.87. The summed E-state index contributed by atoms with van der Waals surface area (Å²) in [6, 6.07) is 16.0. The van der Waals surface area contributed by atoms with Gasteiger partial charge in [0, 0.05) is 17.6 Å². The van der Waals surface area contributed by atoms with Crippen LogP contribution < -0.4 is 10.3 Å². The van der Waals surface area contributed by atoms with Crippen LogP contribution >= 0.6 is 0 Å². The molecule has 0 radical (unpaired) electrons. The van der Waals surface area contributed by atoms with Gasteiger partial charge in [-0.1, -0.05) is 18.2 Å². The average Bonchev–Trinajstić information content (AvgIpc) is 2.84. The van der Waals surface area contributed by atoms with Gasteiger partial charge >= 0.3 is 0 Å². The zero-order valence-corrected chi connectivity index (χ0v) is 18.2. The van der Waals surface area contributed by atoms with Crippen LogP contribution in [0.1, 0.15) is 24.8 Å². The van der Waals surface area contributed by atoms with E-state index in [9.17, 15) is 4.79 Å². The lowest BCUT2D eigenvalue weighted by molar-refractivity contribution is 0.140. The fraction of sp³-hybridized carbons (Fsp3) is 0.346. The van der Waals surface area contributed by atoms with E-state index >= 15 is 0 Å². The third kappa shape index (κ3) is 4.65. The van der Waals surface area contributed by atoms with Crippen molar-refractivity contribution in [2.24, 2.45) is 5.92 Å². The number of pyridine rings is 1. The van der Waals surface area contributed by atoms with Crippen molar-refractivity contribution >= 4 is 21.8 Å². The van der Waals surface area contributed by atoms with Crippen LogP contribution in [0.4, 0.5) is 0 Å². The Morgan fingerprint density at radius 1 is 1.00 bits per heavy atom. The van der Waals surface area contributed by atoms with E-state index in [1.54, 1.807) is 6.07 Å². The number of aromatic nitrogens is 3. The summed E-state index contributed by atoms with van der Waals surface area (Å²) in [5.41, 5.74) is 3.03. The van der Waals surface area contributed by atoms with Gasteiger partial charge in [-0.2, -0.15) is 0 Å². The van der Waals surface area contributed by atoms with Crippen LogP contribution in [0.25, 0.3) is 21.8 Å². The molecule has 5 rings (SSSR count). The zero-order chi connectivity index (χ0) is 21.8. The molecule has 1 N–H and O–H groups in total. The van der Waals surface area contributed by atoms with Crippen molar-refractivity contribution in [3.8, 4) is 5.75 Å². The summed E-state index contributed by atoms with van der Waals surface area (Å²) in [5.74, 6) is 1.35. The van der Waals surface area contributed by atoms with Crippen molar-refractivity contribution in [3.63, 3.8) is 0 Å². The van der Waals surface area contributed by atoms with Gasteiger partial charge in [0.15, 0.2) is 0 Å². The minimum absolute atomic E-state index is 0.119. The molecule has 0 aliphatic carbocycles. The highest BCUT2D eigenvalue weighted by Crippen LogP contribution is 2.22. The SMILES string of the molecule is O=c1[nH]cnc2cc(OCC3CCN(CCCc4ccnc5ccccc45)CC3)ccc12. The van der Waals surface area contributed by atoms with Crippen molar-refractivity contribution in [1.82, 2.24) is 19.9 Å². The van der Waals surface area contributed by atoms with E-state index in [4.69, 9.17) is 4.74 Å². The Morgan fingerprint density at radius 3 is 2.78 bits per heavy atom. The predicted molar refractivity (Wildman–Crippen MR) is 127 cm³/mol. The summed E-state index contributed by atoms with van der Waals surface area (Å²) in [6.07, 6.45) is 7.92. The second-order valence-electron chi connectivity index (χ2n) is 8.60. The molecule has 0 atom stereocenters. The Labute approximate surface area is 187 Å². The van der Waals surface area contributed by atoms with Gasteiger partial charge in [-0.05, 0) is 81.1 Å². The summed E-state index contributed by atoms with van der Waals surface area (Å²) >= 11 is 0. The van der Waals surface area contributed by atoms with Crippen LogP contribution in [-0.4, -0.2) is 46.1 Å². The van der Waals surface area contributed by atoms with Gasteiger partial charge in [0.1, 0.15) is 5.75 Å². The summed E-state index contributed by atoms with van der Waals surface area (Å²) in [6.45, 7) is 4.10. The van der Waals surface area contributed by atoms with E-state index in [1.807, 2.05) is 24.4 Å². The molecule has 1 saturated heterocycles. The number of likely N-dealkylation sites (tertiary alicyclic amines) is 1. The topological polar surface area (TPSA) is 71.1 Å². The lowest BCUT2D eigenvalue weighted by atomic mass is 9.97. The van der Waals surface area contributed by atoms with E-state index in [-0.39, 0.29) is 5.56 Å². The molecule has 0 saturated carbocycles. The number of benzene rings is 2. The Morgan fingerprint density at radius 2 is 1.88 bits per heavy atom. The molecule has 1 fully saturated rings. The summed E-state index contributed by atoms with van der Waals surface area (Å²) in [4.78, 5) is 25.7. The predicted octanol–water partition coefficient (Wildman–Crippen LogP) is 4.19. The van der Waals surface area contributed by atoms with Crippen LogP contribution in [-0.2, 0) is 6.42 Å². The molecule has 32 heavy (non-hydrogen) atoms. The Balaban J connectivity index is 1.07. The number of ether oxygens (including phenoxy) is 1. The minimum Gasteiger partial charge on any atom is -0.493 e. The van der Waals surface area contributed by atoms with Crippen LogP contribution in [0.5, 0.6) is 5.75 Å². The van der Waals surface area contributed by atoms with E-state index in [2.05, 4.69) is 44.1 Å². The first-order valence-electron chi connectivity index (χ1n) is 11.4. The molecule has 164 valence electrons.